The Kier molecular flexibility index (Phi) is 6.50. The Morgan fingerprint density at radius 1 is 0.889 bits per heavy atom. The monoisotopic (exact) mass is 521 g/mol. The average Bonchev–Trinajstić information content (AvgIpc) is 2.87. The minimum atomic E-state index is -0.176. The molecule has 3 aromatic carbocycles. The topological polar surface area (TPSA) is 9.72 Å². The highest BCUT2D eigenvalue weighted by atomic mass is 35.5. The highest BCUT2D eigenvalue weighted by molar-refractivity contribution is 7.80. The number of hydrogen-bond acceptors (Lipinski definition) is 3. The predicted octanol–water partition coefficient (Wildman–Crippen LogP) is 6.90. The Balaban J connectivity index is 1.44. The van der Waals surface area contributed by atoms with E-state index in [9.17, 15) is 4.39 Å². The molecule has 0 amide bonds. The first kappa shape index (κ1) is 25.0. The lowest BCUT2D eigenvalue weighted by atomic mass is 9.65. The largest absolute Gasteiger partial charge is 0.369 e. The summed E-state index contributed by atoms with van der Waals surface area (Å²) >= 11 is 12.2. The molecule has 1 saturated heterocycles. The molecular formula is C30H33ClFN3S. The molecule has 3 aromatic rings. The van der Waals surface area contributed by atoms with Gasteiger partial charge >= 0.3 is 0 Å². The number of nitrogens with zero attached hydrogens (tertiary/aromatic N) is 3. The zero-order valence-corrected chi connectivity index (χ0v) is 23.0. The molecule has 36 heavy (non-hydrogen) atoms. The van der Waals surface area contributed by atoms with Crippen LogP contribution in [-0.2, 0) is 5.41 Å². The Morgan fingerprint density at radius 2 is 1.56 bits per heavy atom. The quantitative estimate of drug-likeness (QED) is 0.346. The van der Waals surface area contributed by atoms with Gasteiger partial charge in [0.1, 0.15) is 10.8 Å². The van der Waals surface area contributed by atoms with Crippen molar-refractivity contribution in [3.05, 3.63) is 94.3 Å². The van der Waals surface area contributed by atoms with Crippen molar-refractivity contribution in [1.29, 1.82) is 0 Å². The SMILES string of the molecule is CN1c2ccc(C(=S)N3CCN(c4ccccc4F)CC3)cc2C(C)(c2ccc(Cl)cc2)CC1(C)C. The summed E-state index contributed by atoms with van der Waals surface area (Å²) in [6.07, 6.45) is 0.975. The van der Waals surface area contributed by atoms with Crippen molar-refractivity contribution in [2.24, 2.45) is 0 Å². The molecule has 5 rings (SSSR count). The van der Waals surface area contributed by atoms with E-state index in [4.69, 9.17) is 23.8 Å². The lowest BCUT2D eigenvalue weighted by Gasteiger charge is -2.51. The molecule has 0 aliphatic carbocycles. The van der Waals surface area contributed by atoms with E-state index in [1.165, 1.54) is 22.9 Å². The number of benzene rings is 3. The van der Waals surface area contributed by atoms with Crippen LogP contribution in [0.5, 0.6) is 0 Å². The van der Waals surface area contributed by atoms with Gasteiger partial charge in [0.15, 0.2) is 0 Å². The molecule has 0 N–H and O–H groups in total. The van der Waals surface area contributed by atoms with Crippen LogP contribution in [0.3, 0.4) is 0 Å². The van der Waals surface area contributed by atoms with Crippen LogP contribution in [0, 0.1) is 5.82 Å². The summed E-state index contributed by atoms with van der Waals surface area (Å²) in [5.74, 6) is -0.170. The Hall–Kier alpha value is -2.63. The van der Waals surface area contributed by atoms with Crippen LogP contribution in [0.4, 0.5) is 15.8 Å². The third kappa shape index (κ3) is 4.37. The molecule has 0 spiro atoms. The number of anilines is 2. The van der Waals surface area contributed by atoms with Crippen LogP contribution < -0.4 is 9.80 Å². The van der Waals surface area contributed by atoms with Gasteiger partial charge in [-0.1, -0.05) is 55.0 Å². The van der Waals surface area contributed by atoms with Gasteiger partial charge in [0.25, 0.3) is 0 Å². The summed E-state index contributed by atoms with van der Waals surface area (Å²) in [6.45, 7) is 9.97. The van der Waals surface area contributed by atoms with Crippen LogP contribution in [-0.4, -0.2) is 48.7 Å². The number of para-hydroxylation sites is 1. The van der Waals surface area contributed by atoms with Crippen LogP contribution in [0.1, 0.15) is 43.9 Å². The molecule has 0 aromatic heterocycles. The van der Waals surface area contributed by atoms with Crippen LogP contribution >= 0.6 is 23.8 Å². The van der Waals surface area contributed by atoms with Gasteiger partial charge < -0.3 is 14.7 Å². The average molecular weight is 522 g/mol. The Bertz CT molecular complexity index is 1280. The van der Waals surface area contributed by atoms with Crippen molar-refractivity contribution in [2.45, 2.75) is 38.1 Å². The molecule has 1 unspecified atom stereocenters. The van der Waals surface area contributed by atoms with Crippen molar-refractivity contribution in [3.63, 3.8) is 0 Å². The smallest absolute Gasteiger partial charge is 0.146 e. The first-order valence-corrected chi connectivity index (χ1v) is 13.3. The maximum atomic E-state index is 14.3. The molecule has 3 nitrogen and oxygen atoms in total. The molecule has 2 heterocycles. The second kappa shape index (κ2) is 9.35. The number of hydrogen-bond donors (Lipinski definition) is 0. The molecule has 1 atom stereocenters. The molecule has 2 aliphatic rings. The Morgan fingerprint density at radius 3 is 2.22 bits per heavy atom. The summed E-state index contributed by atoms with van der Waals surface area (Å²) in [4.78, 5) is 7.61. The fraction of sp³-hybridized carbons (Fsp3) is 0.367. The van der Waals surface area contributed by atoms with Crippen LogP contribution in [0.15, 0.2) is 66.7 Å². The van der Waals surface area contributed by atoms with Gasteiger partial charge in [-0.05, 0) is 73.9 Å². The maximum Gasteiger partial charge on any atom is 0.146 e. The van der Waals surface area contributed by atoms with Crippen LogP contribution in [0.25, 0.3) is 0 Å². The third-order valence-corrected chi connectivity index (χ3v) is 8.88. The van der Waals surface area contributed by atoms with Crippen molar-refractivity contribution in [3.8, 4) is 0 Å². The normalized spacial score (nSPS) is 21.3. The van der Waals surface area contributed by atoms with E-state index in [2.05, 4.69) is 72.9 Å². The summed E-state index contributed by atoms with van der Waals surface area (Å²) in [5, 5.41) is 0.749. The van der Waals surface area contributed by atoms with Gasteiger partial charge in [-0.15, -0.1) is 0 Å². The van der Waals surface area contributed by atoms with Gasteiger partial charge in [-0.25, -0.2) is 4.39 Å². The summed E-state index contributed by atoms with van der Waals surface area (Å²) < 4.78 is 14.3. The summed E-state index contributed by atoms with van der Waals surface area (Å²) in [7, 11) is 2.18. The van der Waals surface area contributed by atoms with Gasteiger partial charge in [-0.3, -0.25) is 0 Å². The molecule has 2 aliphatic heterocycles. The highest BCUT2D eigenvalue weighted by Crippen LogP contribution is 2.50. The lowest BCUT2D eigenvalue weighted by molar-refractivity contribution is 0.335. The fourth-order valence-electron chi connectivity index (χ4n) is 5.93. The number of piperazine rings is 1. The summed E-state index contributed by atoms with van der Waals surface area (Å²) in [5.41, 5.74) is 5.34. The molecule has 0 radical (unpaired) electrons. The van der Waals surface area contributed by atoms with Gasteiger partial charge in [0.2, 0.25) is 0 Å². The molecule has 6 heteroatoms. The van der Waals surface area contributed by atoms with E-state index >= 15 is 0 Å². The summed E-state index contributed by atoms with van der Waals surface area (Å²) in [6, 6.07) is 21.9. The molecule has 1 fully saturated rings. The molecule has 0 bridgehead atoms. The van der Waals surface area contributed by atoms with Crippen molar-refractivity contribution in [2.75, 3.05) is 43.0 Å². The second-order valence-corrected chi connectivity index (χ2v) is 11.7. The fourth-order valence-corrected chi connectivity index (χ4v) is 6.36. The minimum Gasteiger partial charge on any atom is -0.369 e. The third-order valence-electron chi connectivity index (χ3n) is 8.13. The van der Waals surface area contributed by atoms with Gasteiger partial charge in [0, 0.05) is 60.5 Å². The van der Waals surface area contributed by atoms with Crippen LogP contribution in [0.2, 0.25) is 5.02 Å². The Labute approximate surface area is 224 Å². The van der Waals surface area contributed by atoms with E-state index < -0.39 is 0 Å². The van der Waals surface area contributed by atoms with Crippen molar-refractivity contribution >= 4 is 40.2 Å². The zero-order valence-electron chi connectivity index (χ0n) is 21.4. The van der Waals surface area contributed by atoms with E-state index in [-0.39, 0.29) is 16.8 Å². The number of fused-ring (bicyclic) bond motifs is 1. The highest BCUT2D eigenvalue weighted by Gasteiger charge is 2.44. The molecule has 0 saturated carbocycles. The standard InChI is InChI=1S/C30H33ClFN3S/c1-29(2)20-30(3,22-10-12-23(31)13-11-22)24-19-21(9-14-26(24)33(29)4)28(36)35-17-15-34(16-18-35)27-8-6-5-7-25(27)32/h5-14,19H,15-18,20H2,1-4H3. The second-order valence-electron chi connectivity index (χ2n) is 10.8. The van der Waals surface area contributed by atoms with E-state index in [1.54, 1.807) is 6.07 Å². The van der Waals surface area contributed by atoms with Gasteiger partial charge in [0.05, 0.1) is 5.69 Å². The number of halogens is 2. The van der Waals surface area contributed by atoms with Crippen molar-refractivity contribution < 1.29 is 4.39 Å². The first-order valence-electron chi connectivity index (χ1n) is 12.5. The zero-order chi connectivity index (χ0) is 25.7. The van der Waals surface area contributed by atoms with E-state index in [0.717, 1.165) is 48.2 Å². The predicted molar refractivity (Wildman–Crippen MR) is 153 cm³/mol. The first-order chi connectivity index (χ1) is 17.1. The van der Waals surface area contributed by atoms with E-state index in [1.807, 2.05) is 24.3 Å². The maximum absolute atomic E-state index is 14.3. The van der Waals surface area contributed by atoms with Crippen molar-refractivity contribution in [1.82, 2.24) is 4.90 Å². The molecular weight excluding hydrogens is 489 g/mol. The lowest BCUT2D eigenvalue weighted by Crippen LogP contribution is -2.51. The number of thiocarbonyl (C=S) groups is 1. The minimum absolute atomic E-state index is 0.00749. The number of rotatable bonds is 3. The molecule has 188 valence electrons. The van der Waals surface area contributed by atoms with Gasteiger partial charge in [-0.2, -0.15) is 0 Å². The van der Waals surface area contributed by atoms with E-state index in [0.29, 0.717) is 5.69 Å².